The van der Waals surface area contributed by atoms with Crippen LogP contribution in [0.25, 0.3) is 0 Å². The van der Waals surface area contributed by atoms with Crippen LogP contribution in [0.3, 0.4) is 0 Å². The number of aromatic nitrogens is 1. The maximum Gasteiger partial charge on any atom is 0.264 e. The van der Waals surface area contributed by atoms with Gasteiger partial charge in [-0.05, 0) is 42.5 Å². The first-order valence-corrected chi connectivity index (χ1v) is 7.77. The molecule has 0 radical (unpaired) electrons. The Balaban J connectivity index is 2.08. The monoisotopic (exact) mass is 358 g/mol. The van der Waals surface area contributed by atoms with Gasteiger partial charge in [0, 0.05) is 16.7 Å². The Morgan fingerprint density at radius 3 is 2.32 bits per heavy atom. The van der Waals surface area contributed by atoms with Gasteiger partial charge < -0.3 is 10.3 Å². The van der Waals surface area contributed by atoms with E-state index in [2.05, 4.69) is 22.9 Å². The van der Waals surface area contributed by atoms with Crippen molar-refractivity contribution in [1.82, 2.24) is 4.98 Å². The van der Waals surface area contributed by atoms with Crippen molar-refractivity contribution in [1.29, 1.82) is 0 Å². The second-order valence-electron chi connectivity index (χ2n) is 5.28. The third-order valence-electron chi connectivity index (χ3n) is 3.63. The number of H-pyrrole nitrogens is 1. The summed E-state index contributed by atoms with van der Waals surface area (Å²) in [5.74, 6) is -1.55. The molecule has 1 heterocycles. The van der Waals surface area contributed by atoms with E-state index in [9.17, 15) is 13.6 Å². The van der Waals surface area contributed by atoms with Crippen LogP contribution < -0.4 is 16.3 Å². The minimum atomic E-state index is -0.774. The Morgan fingerprint density at radius 2 is 1.68 bits per heavy atom. The lowest BCUT2D eigenvalue weighted by Gasteiger charge is -2.11. The first kappa shape index (κ1) is 16.9. The van der Waals surface area contributed by atoms with Crippen LogP contribution in [0.1, 0.15) is 11.1 Å². The van der Waals surface area contributed by atoms with E-state index in [0.717, 1.165) is 17.0 Å². The van der Waals surface area contributed by atoms with Crippen LogP contribution in [-0.2, 0) is 0 Å². The highest BCUT2D eigenvalue weighted by atomic mass is 32.1. The molecule has 0 fully saturated rings. The molecule has 0 spiro atoms. The highest BCUT2D eigenvalue weighted by molar-refractivity contribution is 7.80. The molecule has 0 aliphatic rings. The summed E-state index contributed by atoms with van der Waals surface area (Å²) in [4.78, 5) is 15.5. The van der Waals surface area contributed by atoms with Gasteiger partial charge in [-0.25, -0.2) is 8.78 Å². The SMILES string of the molecule is [NH2+]=C(c1ccc(S)cc1)c1c(Nc2c(F)cccc2F)cc[nH]c1=O. The molecule has 1 aromatic heterocycles. The zero-order valence-corrected chi connectivity index (χ0v) is 13.8. The fraction of sp³-hybridized carbons (Fsp3) is 0. The molecule has 7 heteroatoms. The van der Waals surface area contributed by atoms with Crippen LogP contribution in [0.4, 0.5) is 20.2 Å². The maximum absolute atomic E-state index is 13.9. The van der Waals surface area contributed by atoms with Crippen molar-refractivity contribution in [3.8, 4) is 0 Å². The van der Waals surface area contributed by atoms with Gasteiger partial charge in [-0.2, -0.15) is 0 Å². The van der Waals surface area contributed by atoms with E-state index in [4.69, 9.17) is 5.41 Å². The van der Waals surface area contributed by atoms with E-state index in [0.29, 0.717) is 5.56 Å². The number of nitrogens with one attached hydrogen (secondary N) is 2. The standard InChI is InChI=1S/C18H13F2N3OS/c19-12-2-1-3-13(20)17(12)23-14-8-9-22-18(24)15(14)16(21)10-4-6-11(25)7-5-10/h1-9,21,25H,(H2,22,23,24)/p+1. The number of anilines is 2. The van der Waals surface area contributed by atoms with E-state index in [1.54, 1.807) is 24.3 Å². The lowest BCUT2D eigenvalue weighted by molar-refractivity contribution is -0.111. The van der Waals surface area contributed by atoms with E-state index in [1.165, 1.54) is 18.3 Å². The van der Waals surface area contributed by atoms with Crippen molar-refractivity contribution < 1.29 is 14.2 Å². The number of halogens is 2. The Hall–Kier alpha value is -2.93. The van der Waals surface area contributed by atoms with Crippen molar-refractivity contribution in [2.24, 2.45) is 0 Å². The third-order valence-corrected chi connectivity index (χ3v) is 3.93. The molecular formula is C18H14F2N3OS+. The van der Waals surface area contributed by atoms with Gasteiger partial charge in [-0.15, -0.1) is 12.6 Å². The number of para-hydroxylation sites is 1. The van der Waals surface area contributed by atoms with Crippen molar-refractivity contribution in [2.75, 3.05) is 5.32 Å². The molecule has 25 heavy (non-hydrogen) atoms. The summed E-state index contributed by atoms with van der Waals surface area (Å²) in [5.41, 5.74) is 0.223. The fourth-order valence-electron chi connectivity index (χ4n) is 2.39. The second-order valence-corrected chi connectivity index (χ2v) is 5.79. The zero-order valence-electron chi connectivity index (χ0n) is 12.9. The normalized spacial score (nSPS) is 10.5. The molecule has 0 aliphatic carbocycles. The summed E-state index contributed by atoms with van der Waals surface area (Å²) in [7, 11) is 0. The molecule has 0 saturated heterocycles. The highest BCUT2D eigenvalue weighted by Crippen LogP contribution is 2.25. The number of hydrogen-bond donors (Lipinski definition) is 4. The lowest BCUT2D eigenvalue weighted by atomic mass is 10.0. The molecule has 4 nitrogen and oxygen atoms in total. The van der Waals surface area contributed by atoms with Crippen LogP contribution >= 0.6 is 12.6 Å². The predicted molar refractivity (Wildman–Crippen MR) is 95.5 cm³/mol. The lowest BCUT2D eigenvalue weighted by Crippen LogP contribution is -2.44. The number of thiol groups is 1. The molecule has 3 rings (SSSR count). The van der Waals surface area contributed by atoms with E-state index >= 15 is 0 Å². The number of rotatable bonds is 4. The topological polar surface area (TPSA) is 70.5 Å². The number of benzene rings is 2. The number of hydrogen-bond acceptors (Lipinski definition) is 3. The Kier molecular flexibility index (Phi) is 4.67. The number of nitrogens with two attached hydrogens (primary N) is 1. The summed E-state index contributed by atoms with van der Waals surface area (Å²) < 4.78 is 27.8. The predicted octanol–water partition coefficient (Wildman–Crippen LogP) is 2.28. The molecule has 0 amide bonds. The van der Waals surface area contributed by atoms with Gasteiger partial charge in [0.25, 0.3) is 5.56 Å². The van der Waals surface area contributed by atoms with Crippen LogP contribution in [0.15, 0.2) is 64.4 Å². The summed E-state index contributed by atoms with van der Waals surface area (Å²) in [6, 6.07) is 11.9. The molecule has 4 N–H and O–H groups in total. The third kappa shape index (κ3) is 3.46. The van der Waals surface area contributed by atoms with E-state index < -0.39 is 17.2 Å². The minimum Gasteiger partial charge on any atom is -0.350 e. The molecule has 0 atom stereocenters. The largest absolute Gasteiger partial charge is 0.350 e. The van der Waals surface area contributed by atoms with Gasteiger partial charge in [0.2, 0.25) is 5.71 Å². The second kappa shape index (κ2) is 6.90. The number of pyridine rings is 1. The zero-order chi connectivity index (χ0) is 18.0. The molecule has 2 aromatic carbocycles. The van der Waals surface area contributed by atoms with Gasteiger partial charge in [0.15, 0.2) is 0 Å². The van der Waals surface area contributed by atoms with Gasteiger partial charge in [-0.3, -0.25) is 10.2 Å². The Labute approximate surface area is 147 Å². The van der Waals surface area contributed by atoms with Crippen molar-refractivity contribution >= 4 is 29.7 Å². The van der Waals surface area contributed by atoms with E-state index in [-0.39, 0.29) is 22.6 Å². The van der Waals surface area contributed by atoms with Gasteiger partial charge in [0.05, 0.1) is 5.69 Å². The Bertz CT molecular complexity index is 980. The highest BCUT2D eigenvalue weighted by Gasteiger charge is 2.21. The Morgan fingerprint density at radius 1 is 1.04 bits per heavy atom. The van der Waals surface area contributed by atoms with Crippen molar-refractivity contribution in [3.05, 3.63) is 87.8 Å². The number of aromatic amines is 1. The smallest absolute Gasteiger partial charge is 0.264 e. The van der Waals surface area contributed by atoms with Crippen LogP contribution in [0, 0.1) is 11.6 Å². The summed E-state index contributed by atoms with van der Waals surface area (Å²) in [6.07, 6.45) is 1.37. The molecule has 126 valence electrons. The molecule has 0 aliphatic heterocycles. The molecule has 0 unspecified atom stereocenters. The molecule has 0 bridgehead atoms. The summed E-state index contributed by atoms with van der Waals surface area (Å²) in [5, 5.41) is 8.77. The van der Waals surface area contributed by atoms with Crippen LogP contribution in [0.5, 0.6) is 0 Å². The van der Waals surface area contributed by atoms with Crippen molar-refractivity contribution in [2.45, 2.75) is 4.90 Å². The maximum atomic E-state index is 13.9. The van der Waals surface area contributed by atoms with Gasteiger partial charge >= 0.3 is 0 Å². The average molecular weight is 358 g/mol. The average Bonchev–Trinajstić information content (AvgIpc) is 2.58. The fourth-order valence-corrected chi connectivity index (χ4v) is 2.54. The first-order chi connectivity index (χ1) is 12.0. The summed E-state index contributed by atoms with van der Waals surface area (Å²) >= 11 is 4.20. The molecule has 0 saturated carbocycles. The molecule has 3 aromatic rings. The van der Waals surface area contributed by atoms with Gasteiger partial charge in [0.1, 0.15) is 22.9 Å². The van der Waals surface area contributed by atoms with Crippen LogP contribution in [0.2, 0.25) is 0 Å². The minimum absolute atomic E-state index is 0.0945. The van der Waals surface area contributed by atoms with E-state index in [1.807, 2.05) is 0 Å². The first-order valence-electron chi connectivity index (χ1n) is 7.32. The van der Waals surface area contributed by atoms with Crippen LogP contribution in [-0.4, -0.2) is 10.7 Å². The van der Waals surface area contributed by atoms with Crippen molar-refractivity contribution in [3.63, 3.8) is 0 Å². The van der Waals surface area contributed by atoms with Gasteiger partial charge in [-0.1, -0.05) is 6.07 Å². The quantitative estimate of drug-likeness (QED) is 0.427. The summed E-state index contributed by atoms with van der Waals surface area (Å²) in [6.45, 7) is 0. The molecular weight excluding hydrogens is 344 g/mol.